The number of hydrogen-bond acceptors (Lipinski definition) is 5. The molecule has 1 aliphatic carbocycles. The maximum atomic E-state index is 12.4. The first-order valence-corrected chi connectivity index (χ1v) is 11.8. The molecule has 0 spiro atoms. The minimum absolute atomic E-state index is 0.00546. The van der Waals surface area contributed by atoms with Crippen molar-refractivity contribution in [2.45, 2.75) is 44.8 Å². The van der Waals surface area contributed by atoms with Gasteiger partial charge >= 0.3 is 0 Å². The van der Waals surface area contributed by atoms with Gasteiger partial charge in [-0.2, -0.15) is 0 Å². The van der Waals surface area contributed by atoms with Crippen LogP contribution in [0.15, 0.2) is 23.2 Å². The topological polar surface area (TPSA) is 43.2 Å². The Morgan fingerprint density at radius 2 is 1.54 bits per heavy atom. The van der Waals surface area contributed by atoms with E-state index in [1.165, 1.54) is 53.3 Å². The Bertz CT molecular complexity index is 613. The summed E-state index contributed by atoms with van der Waals surface area (Å²) in [6.07, 6.45) is 7.23. The maximum Gasteiger partial charge on any atom is 0.227 e. The first kappa shape index (κ1) is 19.5. The Morgan fingerprint density at radius 3 is 2.00 bits per heavy atom. The van der Waals surface area contributed by atoms with Gasteiger partial charge in [0.15, 0.2) is 0 Å². The fraction of sp³-hybridized carbons (Fsp3) is 0.700. The van der Waals surface area contributed by atoms with Crippen LogP contribution in [0.3, 0.4) is 0 Å². The van der Waals surface area contributed by atoms with Gasteiger partial charge < -0.3 is 14.7 Å². The SMILES string of the molecule is CCCCC(CC)[CH2][AlH2].O=C1C=C(N2CC2)C(=O)C(N2CC2)=C1N1CC1. The number of ketones is 2. The highest BCUT2D eigenvalue weighted by Gasteiger charge is 2.43. The van der Waals surface area contributed by atoms with E-state index in [4.69, 9.17) is 0 Å². The summed E-state index contributed by atoms with van der Waals surface area (Å²) in [6.45, 7) is 10.0. The van der Waals surface area contributed by atoms with Crippen LogP contribution in [-0.4, -0.2) is 81.8 Å². The molecule has 0 aromatic rings. The molecule has 1 atom stereocenters. The van der Waals surface area contributed by atoms with Gasteiger partial charge in [-0.15, -0.1) is 0 Å². The minimum atomic E-state index is 0.00546. The molecule has 26 heavy (non-hydrogen) atoms. The summed E-state index contributed by atoms with van der Waals surface area (Å²) in [5.41, 5.74) is 1.89. The first-order valence-electron chi connectivity index (χ1n) is 10.4. The molecule has 0 radical (unpaired) electrons. The lowest BCUT2D eigenvalue weighted by atomic mass is 10.0. The number of rotatable bonds is 8. The molecule has 3 heterocycles. The molecule has 3 fully saturated rings. The highest BCUT2D eigenvalue weighted by Crippen LogP contribution is 2.33. The highest BCUT2D eigenvalue weighted by molar-refractivity contribution is 6.22. The average molecular weight is 373 g/mol. The quantitative estimate of drug-likeness (QED) is 0.366. The Balaban J connectivity index is 0.000000188. The predicted octanol–water partition coefficient (Wildman–Crippen LogP) is 1.43. The zero-order chi connectivity index (χ0) is 18.7. The van der Waals surface area contributed by atoms with Crippen molar-refractivity contribution in [3.05, 3.63) is 23.2 Å². The predicted molar refractivity (Wildman–Crippen MR) is 106 cm³/mol. The van der Waals surface area contributed by atoms with Gasteiger partial charge in [0.25, 0.3) is 0 Å². The molecule has 0 N–H and O–H groups in total. The van der Waals surface area contributed by atoms with Crippen molar-refractivity contribution in [2.75, 3.05) is 39.3 Å². The van der Waals surface area contributed by atoms with E-state index in [9.17, 15) is 9.59 Å². The van der Waals surface area contributed by atoms with Crippen LogP contribution in [0.5, 0.6) is 0 Å². The van der Waals surface area contributed by atoms with E-state index in [1.807, 2.05) is 14.7 Å². The van der Waals surface area contributed by atoms with Crippen molar-refractivity contribution in [2.24, 2.45) is 5.92 Å². The second-order valence-electron chi connectivity index (χ2n) is 7.71. The molecule has 0 aromatic heterocycles. The molecular formula is C20H32AlN3O2. The molecule has 0 bridgehead atoms. The number of hydrogen-bond donors (Lipinski definition) is 0. The van der Waals surface area contributed by atoms with Gasteiger partial charge in [-0.1, -0.05) is 50.7 Å². The number of Topliss-reactive ketones (excluding diaryl/α,β-unsaturated/α-hetero) is 1. The molecule has 0 saturated carbocycles. The summed E-state index contributed by atoms with van der Waals surface area (Å²) >= 11 is 1.40. The summed E-state index contributed by atoms with van der Waals surface area (Å²) in [5.74, 6) is 1.11. The maximum absolute atomic E-state index is 12.4. The third-order valence-corrected chi connectivity index (χ3v) is 6.76. The molecule has 142 valence electrons. The fourth-order valence-electron chi connectivity index (χ4n) is 3.47. The smallest absolute Gasteiger partial charge is 0.227 e. The molecule has 3 saturated heterocycles. The summed E-state index contributed by atoms with van der Waals surface area (Å²) in [6, 6.07) is 0. The van der Waals surface area contributed by atoms with Crippen LogP contribution >= 0.6 is 0 Å². The monoisotopic (exact) mass is 373 g/mol. The normalized spacial score (nSPS) is 22.1. The summed E-state index contributed by atoms with van der Waals surface area (Å²) < 4.78 is 0. The van der Waals surface area contributed by atoms with Crippen LogP contribution in [-0.2, 0) is 9.59 Å². The zero-order valence-electron chi connectivity index (χ0n) is 16.6. The molecular weight excluding hydrogens is 341 g/mol. The van der Waals surface area contributed by atoms with E-state index in [0.29, 0.717) is 17.1 Å². The average Bonchev–Trinajstić information content (AvgIpc) is 3.51. The Labute approximate surface area is 165 Å². The third kappa shape index (κ3) is 4.72. The Hall–Kier alpha value is -1.25. The van der Waals surface area contributed by atoms with E-state index in [0.717, 1.165) is 45.2 Å². The minimum Gasteiger partial charge on any atom is -0.365 e. The van der Waals surface area contributed by atoms with Crippen molar-refractivity contribution in [1.29, 1.82) is 0 Å². The van der Waals surface area contributed by atoms with E-state index in [1.54, 1.807) is 0 Å². The Morgan fingerprint density at radius 1 is 0.962 bits per heavy atom. The second-order valence-corrected chi connectivity index (χ2v) is 8.52. The zero-order valence-corrected chi connectivity index (χ0v) is 18.6. The molecule has 0 aromatic carbocycles. The van der Waals surface area contributed by atoms with Crippen LogP contribution in [0, 0.1) is 5.92 Å². The van der Waals surface area contributed by atoms with Crippen LogP contribution in [0.1, 0.15) is 39.5 Å². The second kappa shape index (κ2) is 8.63. The lowest BCUT2D eigenvalue weighted by Gasteiger charge is -2.21. The van der Waals surface area contributed by atoms with Gasteiger partial charge in [0, 0.05) is 45.3 Å². The van der Waals surface area contributed by atoms with Crippen molar-refractivity contribution < 1.29 is 9.59 Å². The van der Waals surface area contributed by atoms with E-state index >= 15 is 0 Å². The van der Waals surface area contributed by atoms with E-state index in [-0.39, 0.29) is 11.6 Å². The first-order chi connectivity index (χ1) is 12.6. The lowest BCUT2D eigenvalue weighted by molar-refractivity contribution is -0.117. The van der Waals surface area contributed by atoms with Crippen molar-refractivity contribution >= 4 is 27.9 Å². The number of carbonyl (C=O) groups is 2. The third-order valence-electron chi connectivity index (χ3n) is 5.61. The molecule has 6 heteroatoms. The lowest BCUT2D eigenvalue weighted by Crippen LogP contribution is -2.29. The van der Waals surface area contributed by atoms with Gasteiger partial charge in [0.2, 0.25) is 27.9 Å². The van der Waals surface area contributed by atoms with Crippen LogP contribution in [0.2, 0.25) is 5.28 Å². The van der Waals surface area contributed by atoms with Crippen molar-refractivity contribution in [3.8, 4) is 0 Å². The summed E-state index contributed by atoms with van der Waals surface area (Å²) in [7, 11) is 0. The van der Waals surface area contributed by atoms with Gasteiger partial charge in [0.1, 0.15) is 11.4 Å². The number of allylic oxidation sites excluding steroid dienone is 1. The molecule has 3 aliphatic heterocycles. The molecule has 4 aliphatic rings. The molecule has 0 amide bonds. The van der Waals surface area contributed by atoms with Gasteiger partial charge in [-0.3, -0.25) is 9.59 Å². The van der Waals surface area contributed by atoms with E-state index < -0.39 is 0 Å². The number of unbranched alkanes of at least 4 members (excludes halogenated alkanes) is 1. The largest absolute Gasteiger partial charge is 0.365 e. The molecule has 4 rings (SSSR count). The number of nitrogens with zero attached hydrogens (tertiary/aromatic N) is 3. The molecule has 5 nitrogen and oxygen atoms in total. The fourth-order valence-corrected chi connectivity index (χ4v) is 4.45. The summed E-state index contributed by atoms with van der Waals surface area (Å²) in [5, 5.41) is 1.51. The van der Waals surface area contributed by atoms with Crippen LogP contribution in [0.4, 0.5) is 0 Å². The van der Waals surface area contributed by atoms with Crippen molar-refractivity contribution in [3.63, 3.8) is 0 Å². The summed E-state index contributed by atoms with van der Waals surface area (Å²) in [4.78, 5) is 30.5. The standard InChI is InChI=1S/C12H13N3O2.C8H17.Al.2H/c16-9-7-8(13-1-2-13)12(17)11(15-5-6-15)10(9)14-3-4-14;1-4-6-7-8(3)5-2;;;/h7H,1-6H2;8H,3-7H2,1-2H3;;;. The van der Waals surface area contributed by atoms with E-state index in [2.05, 4.69) is 13.8 Å². The van der Waals surface area contributed by atoms with Crippen molar-refractivity contribution in [1.82, 2.24) is 14.7 Å². The Kier molecular flexibility index (Phi) is 6.47. The van der Waals surface area contributed by atoms with Gasteiger partial charge in [0.05, 0.1) is 5.70 Å². The van der Waals surface area contributed by atoms with Crippen LogP contribution < -0.4 is 0 Å². The highest BCUT2D eigenvalue weighted by atomic mass is 27.0. The van der Waals surface area contributed by atoms with Gasteiger partial charge in [-0.25, -0.2) is 0 Å². The number of carbonyl (C=O) groups excluding carboxylic acids is 2. The van der Waals surface area contributed by atoms with Crippen LogP contribution in [0.25, 0.3) is 0 Å². The molecule has 1 unspecified atom stereocenters. The van der Waals surface area contributed by atoms with Gasteiger partial charge in [-0.05, 0) is 0 Å².